The standard InChI is InChI=1S/C15H17N3O2S/c1-9-2-4-10(5-3-9)16-13(19)8-12-14(20)18-15(21-12)17-11-6-7-11/h2-5,11-12H,6-8H2,1H3,(H,16,19)(H,17,18,20)/t12-/m1/s1. The van der Waals surface area contributed by atoms with Crippen molar-refractivity contribution in [1.82, 2.24) is 5.32 Å². The molecular weight excluding hydrogens is 286 g/mol. The lowest BCUT2D eigenvalue weighted by atomic mass is 10.2. The molecule has 1 aliphatic carbocycles. The van der Waals surface area contributed by atoms with Crippen LogP contribution in [0.1, 0.15) is 24.8 Å². The van der Waals surface area contributed by atoms with E-state index < -0.39 is 0 Å². The molecule has 0 unspecified atom stereocenters. The number of carbonyl (C=O) groups excluding carboxylic acids is 2. The molecule has 0 bridgehead atoms. The number of thioether (sulfide) groups is 1. The van der Waals surface area contributed by atoms with Gasteiger partial charge >= 0.3 is 0 Å². The average Bonchev–Trinajstić information content (AvgIpc) is 3.18. The first-order valence-electron chi connectivity index (χ1n) is 7.02. The highest BCUT2D eigenvalue weighted by molar-refractivity contribution is 8.15. The monoisotopic (exact) mass is 303 g/mol. The van der Waals surface area contributed by atoms with E-state index in [9.17, 15) is 9.59 Å². The van der Waals surface area contributed by atoms with Gasteiger partial charge in [-0.25, -0.2) is 0 Å². The van der Waals surface area contributed by atoms with Crippen LogP contribution in [0.4, 0.5) is 5.69 Å². The van der Waals surface area contributed by atoms with Crippen molar-refractivity contribution in [2.75, 3.05) is 5.32 Å². The highest BCUT2D eigenvalue weighted by atomic mass is 32.2. The third kappa shape index (κ3) is 3.85. The van der Waals surface area contributed by atoms with Gasteiger partial charge in [0.2, 0.25) is 11.8 Å². The number of aliphatic imine (C=N–C) groups is 1. The highest BCUT2D eigenvalue weighted by Gasteiger charge is 2.33. The van der Waals surface area contributed by atoms with E-state index in [-0.39, 0.29) is 23.5 Å². The minimum Gasteiger partial charge on any atom is -0.326 e. The summed E-state index contributed by atoms with van der Waals surface area (Å²) < 4.78 is 0. The zero-order chi connectivity index (χ0) is 14.8. The lowest BCUT2D eigenvalue weighted by Gasteiger charge is -2.07. The molecule has 2 N–H and O–H groups in total. The molecule has 1 aromatic carbocycles. The van der Waals surface area contributed by atoms with Crippen LogP contribution in [0.25, 0.3) is 0 Å². The van der Waals surface area contributed by atoms with E-state index in [4.69, 9.17) is 0 Å². The van der Waals surface area contributed by atoms with Gasteiger partial charge < -0.3 is 10.6 Å². The zero-order valence-electron chi connectivity index (χ0n) is 11.8. The van der Waals surface area contributed by atoms with E-state index >= 15 is 0 Å². The molecule has 5 nitrogen and oxygen atoms in total. The number of aryl methyl sites for hydroxylation is 1. The number of nitrogens with one attached hydrogen (secondary N) is 2. The molecule has 1 heterocycles. The molecular formula is C15H17N3O2S. The van der Waals surface area contributed by atoms with Crippen molar-refractivity contribution in [3.05, 3.63) is 29.8 Å². The average molecular weight is 303 g/mol. The highest BCUT2D eigenvalue weighted by Crippen LogP contribution is 2.29. The molecule has 0 aromatic heterocycles. The number of anilines is 1. The first-order valence-corrected chi connectivity index (χ1v) is 7.90. The van der Waals surface area contributed by atoms with Gasteiger partial charge in [0.15, 0.2) is 5.17 Å². The van der Waals surface area contributed by atoms with Crippen LogP contribution in [0.3, 0.4) is 0 Å². The number of amidine groups is 1. The van der Waals surface area contributed by atoms with Crippen molar-refractivity contribution in [2.24, 2.45) is 4.99 Å². The van der Waals surface area contributed by atoms with Gasteiger partial charge in [-0.1, -0.05) is 29.5 Å². The Kier molecular flexibility index (Phi) is 3.96. The Bertz CT molecular complexity index is 593. The van der Waals surface area contributed by atoms with Crippen LogP contribution in [0.2, 0.25) is 0 Å². The maximum absolute atomic E-state index is 12.0. The van der Waals surface area contributed by atoms with Crippen LogP contribution in [0.5, 0.6) is 0 Å². The van der Waals surface area contributed by atoms with Gasteiger partial charge in [0.05, 0.1) is 6.04 Å². The predicted octanol–water partition coefficient (Wildman–Crippen LogP) is 2.07. The molecule has 2 amide bonds. The van der Waals surface area contributed by atoms with Gasteiger partial charge in [-0.05, 0) is 31.9 Å². The van der Waals surface area contributed by atoms with E-state index in [2.05, 4.69) is 15.6 Å². The molecule has 110 valence electrons. The predicted molar refractivity (Wildman–Crippen MR) is 84.4 cm³/mol. The topological polar surface area (TPSA) is 70.6 Å². The van der Waals surface area contributed by atoms with Crippen LogP contribution < -0.4 is 10.6 Å². The second-order valence-corrected chi connectivity index (χ2v) is 6.57. The summed E-state index contributed by atoms with van der Waals surface area (Å²) in [5.74, 6) is -0.280. The van der Waals surface area contributed by atoms with E-state index in [1.54, 1.807) is 0 Å². The summed E-state index contributed by atoms with van der Waals surface area (Å²) in [5, 5.41) is 5.84. The molecule has 21 heavy (non-hydrogen) atoms. The van der Waals surface area contributed by atoms with Crippen LogP contribution in [-0.4, -0.2) is 28.3 Å². The van der Waals surface area contributed by atoms with Crippen molar-refractivity contribution in [1.29, 1.82) is 0 Å². The SMILES string of the molecule is Cc1ccc(NC(=O)C[C@H]2SC(=NC3CC3)NC2=O)cc1. The molecule has 0 spiro atoms. The van der Waals surface area contributed by atoms with Gasteiger partial charge in [0.25, 0.3) is 0 Å². The van der Waals surface area contributed by atoms with Gasteiger partial charge in [0, 0.05) is 12.1 Å². The maximum atomic E-state index is 12.0. The molecule has 6 heteroatoms. The summed E-state index contributed by atoms with van der Waals surface area (Å²) in [6.45, 7) is 1.99. The molecule has 0 radical (unpaired) electrons. The minimum absolute atomic E-state index is 0.126. The molecule has 1 saturated heterocycles. The molecule has 2 aliphatic rings. The normalized spacial score (nSPS) is 23.2. The van der Waals surface area contributed by atoms with Crippen molar-refractivity contribution in [2.45, 2.75) is 37.5 Å². The van der Waals surface area contributed by atoms with E-state index in [1.807, 2.05) is 31.2 Å². The molecule has 1 atom stereocenters. The Hall–Kier alpha value is -1.82. The van der Waals surface area contributed by atoms with E-state index in [0.29, 0.717) is 11.2 Å². The van der Waals surface area contributed by atoms with Crippen LogP contribution in [-0.2, 0) is 9.59 Å². The third-order valence-corrected chi connectivity index (χ3v) is 4.43. The summed E-state index contributed by atoms with van der Waals surface area (Å²) in [4.78, 5) is 28.2. The first-order chi connectivity index (χ1) is 10.1. The Morgan fingerprint density at radius 3 is 2.76 bits per heavy atom. The summed E-state index contributed by atoms with van der Waals surface area (Å²) in [5.41, 5.74) is 1.89. The zero-order valence-corrected chi connectivity index (χ0v) is 12.6. The van der Waals surface area contributed by atoms with Gasteiger partial charge in [-0.15, -0.1) is 0 Å². The van der Waals surface area contributed by atoms with Gasteiger partial charge in [-0.3, -0.25) is 14.6 Å². The summed E-state index contributed by atoms with van der Waals surface area (Å²) in [6, 6.07) is 7.96. The van der Waals surface area contributed by atoms with Crippen LogP contribution >= 0.6 is 11.8 Å². The molecule has 1 aliphatic heterocycles. The smallest absolute Gasteiger partial charge is 0.240 e. The number of amides is 2. The number of carbonyl (C=O) groups is 2. The second-order valence-electron chi connectivity index (χ2n) is 5.38. The molecule has 1 saturated carbocycles. The number of hydrogen-bond acceptors (Lipinski definition) is 4. The Balaban J connectivity index is 1.54. The van der Waals surface area contributed by atoms with Crippen molar-refractivity contribution < 1.29 is 9.59 Å². The number of nitrogens with zero attached hydrogens (tertiary/aromatic N) is 1. The number of rotatable bonds is 4. The quantitative estimate of drug-likeness (QED) is 0.894. The number of hydrogen-bond donors (Lipinski definition) is 2. The molecule has 2 fully saturated rings. The lowest BCUT2D eigenvalue weighted by Crippen LogP contribution is -2.28. The van der Waals surface area contributed by atoms with Crippen molar-refractivity contribution >= 4 is 34.4 Å². The molecule has 1 aromatic rings. The fourth-order valence-electron chi connectivity index (χ4n) is 1.99. The minimum atomic E-state index is -0.382. The van der Waals surface area contributed by atoms with Crippen LogP contribution in [0, 0.1) is 6.92 Å². The third-order valence-electron chi connectivity index (χ3n) is 3.33. The summed E-state index contributed by atoms with van der Waals surface area (Å²) >= 11 is 1.36. The largest absolute Gasteiger partial charge is 0.326 e. The van der Waals surface area contributed by atoms with E-state index in [0.717, 1.165) is 24.1 Å². The fraction of sp³-hybridized carbons (Fsp3) is 0.400. The summed E-state index contributed by atoms with van der Waals surface area (Å²) in [7, 11) is 0. The van der Waals surface area contributed by atoms with Gasteiger partial charge in [0.1, 0.15) is 5.25 Å². The van der Waals surface area contributed by atoms with Gasteiger partial charge in [-0.2, -0.15) is 0 Å². The van der Waals surface area contributed by atoms with Crippen molar-refractivity contribution in [3.63, 3.8) is 0 Å². The fourth-order valence-corrected chi connectivity index (χ4v) is 3.03. The first kappa shape index (κ1) is 14.1. The lowest BCUT2D eigenvalue weighted by molar-refractivity contribution is -0.122. The Labute approximate surface area is 127 Å². The van der Waals surface area contributed by atoms with Crippen molar-refractivity contribution in [3.8, 4) is 0 Å². The summed E-state index contributed by atoms with van der Waals surface area (Å²) in [6.07, 6.45) is 2.35. The Morgan fingerprint density at radius 2 is 2.10 bits per heavy atom. The molecule has 3 rings (SSSR count). The second kappa shape index (κ2) is 5.89. The van der Waals surface area contributed by atoms with E-state index in [1.165, 1.54) is 11.8 Å². The maximum Gasteiger partial charge on any atom is 0.240 e. The Morgan fingerprint density at radius 1 is 1.38 bits per heavy atom. The van der Waals surface area contributed by atoms with Crippen LogP contribution in [0.15, 0.2) is 29.3 Å². The number of benzene rings is 1.